The molecule has 0 atom stereocenters. The van der Waals surface area contributed by atoms with E-state index in [1.54, 1.807) is 0 Å². The van der Waals surface area contributed by atoms with Crippen molar-refractivity contribution in [1.29, 1.82) is 0 Å². The van der Waals surface area contributed by atoms with Crippen molar-refractivity contribution in [3.05, 3.63) is 11.9 Å². The molecule has 0 saturated heterocycles. The second-order valence-corrected chi connectivity index (χ2v) is 5.21. The second-order valence-electron chi connectivity index (χ2n) is 5.21. The molecule has 1 aromatic rings. The van der Waals surface area contributed by atoms with Crippen molar-refractivity contribution in [3.8, 4) is 0 Å². The molecule has 0 aliphatic heterocycles. The maximum Gasteiger partial charge on any atom is 0.148 e. The third kappa shape index (κ3) is 2.66. The van der Waals surface area contributed by atoms with Crippen molar-refractivity contribution < 1.29 is 0 Å². The summed E-state index contributed by atoms with van der Waals surface area (Å²) in [4.78, 5) is 8.33. The quantitative estimate of drug-likeness (QED) is 0.550. The third-order valence-corrected chi connectivity index (χ3v) is 3.71. The van der Waals surface area contributed by atoms with Crippen LogP contribution in [0.5, 0.6) is 0 Å². The lowest BCUT2D eigenvalue weighted by atomic mass is 9.89. The molecule has 0 unspecified atom stereocenters. The van der Waals surface area contributed by atoms with Gasteiger partial charge in [0, 0.05) is 12.1 Å². The molecule has 5 heteroatoms. The van der Waals surface area contributed by atoms with Gasteiger partial charge >= 0.3 is 0 Å². The Morgan fingerprint density at radius 3 is 2.59 bits per heavy atom. The van der Waals surface area contributed by atoms with Crippen LogP contribution in [0.25, 0.3) is 0 Å². The summed E-state index contributed by atoms with van der Waals surface area (Å²) in [6, 6.07) is 0. The molecule has 1 saturated carbocycles. The normalized spacial score (nSPS) is 18.1. The molecule has 0 aromatic carbocycles. The van der Waals surface area contributed by atoms with Gasteiger partial charge in [0.2, 0.25) is 0 Å². The van der Waals surface area contributed by atoms with Crippen LogP contribution in [0.1, 0.15) is 38.2 Å². The molecule has 1 aliphatic carbocycles. The van der Waals surface area contributed by atoms with Gasteiger partial charge in [-0.25, -0.2) is 15.8 Å². The fraction of sp³-hybridized carbons (Fsp3) is 0.667. The summed E-state index contributed by atoms with van der Waals surface area (Å²) in [6.45, 7) is 5.27. The van der Waals surface area contributed by atoms with Crippen LogP contribution in [0.2, 0.25) is 0 Å². The van der Waals surface area contributed by atoms with E-state index in [2.05, 4.69) is 27.6 Å². The van der Waals surface area contributed by atoms with E-state index in [-0.39, 0.29) is 0 Å². The fourth-order valence-corrected chi connectivity index (χ4v) is 2.48. The van der Waals surface area contributed by atoms with Crippen LogP contribution in [0.4, 0.5) is 11.6 Å². The fourth-order valence-electron chi connectivity index (χ4n) is 2.48. The molecular weight excluding hydrogens is 214 g/mol. The number of hydrogen-bond acceptors (Lipinski definition) is 5. The van der Waals surface area contributed by atoms with E-state index in [0.717, 1.165) is 17.9 Å². The zero-order valence-electron chi connectivity index (χ0n) is 10.6. The number of rotatable bonds is 4. The van der Waals surface area contributed by atoms with Crippen molar-refractivity contribution in [2.24, 2.45) is 11.3 Å². The Morgan fingerprint density at radius 2 is 1.94 bits per heavy atom. The smallest absolute Gasteiger partial charge is 0.148 e. The number of hydrogen-bond donors (Lipinski definition) is 3. The Hall–Kier alpha value is -1.36. The van der Waals surface area contributed by atoms with E-state index in [1.807, 2.05) is 6.92 Å². The number of nitrogens with zero attached hydrogens (tertiary/aromatic N) is 2. The minimum atomic E-state index is 0.410. The maximum absolute atomic E-state index is 5.40. The lowest BCUT2D eigenvalue weighted by Crippen LogP contribution is -2.24. The van der Waals surface area contributed by atoms with Crippen molar-refractivity contribution in [2.45, 2.75) is 39.5 Å². The summed E-state index contributed by atoms with van der Waals surface area (Å²) >= 11 is 0. The topological polar surface area (TPSA) is 75.9 Å². The first-order chi connectivity index (χ1) is 8.14. The standard InChI is InChI=1S/C12H21N5/c1-9-10(15-8-16-11(9)17-13)14-7-12(2)5-3-4-6-12/h8H,3-7,13H2,1-2H3,(H2,14,15,16,17). The van der Waals surface area contributed by atoms with Gasteiger partial charge in [-0.2, -0.15) is 0 Å². The first-order valence-corrected chi connectivity index (χ1v) is 6.17. The highest BCUT2D eigenvalue weighted by molar-refractivity contribution is 5.55. The zero-order valence-corrected chi connectivity index (χ0v) is 10.6. The molecule has 17 heavy (non-hydrogen) atoms. The Kier molecular flexibility index (Phi) is 3.47. The number of nitrogens with one attached hydrogen (secondary N) is 2. The van der Waals surface area contributed by atoms with Crippen LogP contribution in [0.3, 0.4) is 0 Å². The van der Waals surface area contributed by atoms with Gasteiger partial charge in [-0.05, 0) is 25.2 Å². The molecule has 5 nitrogen and oxygen atoms in total. The molecule has 0 radical (unpaired) electrons. The van der Waals surface area contributed by atoms with Gasteiger partial charge in [0.15, 0.2) is 0 Å². The maximum atomic E-state index is 5.40. The Bertz CT molecular complexity index is 384. The molecule has 2 rings (SSSR count). The number of aromatic nitrogens is 2. The van der Waals surface area contributed by atoms with Crippen LogP contribution in [-0.4, -0.2) is 16.5 Å². The highest BCUT2D eigenvalue weighted by Gasteiger charge is 2.28. The lowest BCUT2D eigenvalue weighted by Gasteiger charge is -2.24. The van der Waals surface area contributed by atoms with Gasteiger partial charge in [0.05, 0.1) is 0 Å². The summed E-state index contributed by atoms with van der Waals surface area (Å²) in [5.41, 5.74) is 3.96. The summed E-state index contributed by atoms with van der Waals surface area (Å²) in [7, 11) is 0. The Labute approximate surface area is 102 Å². The molecule has 4 N–H and O–H groups in total. The van der Waals surface area contributed by atoms with Gasteiger partial charge in [-0.1, -0.05) is 19.8 Å². The first-order valence-electron chi connectivity index (χ1n) is 6.17. The monoisotopic (exact) mass is 235 g/mol. The van der Waals surface area contributed by atoms with Gasteiger partial charge < -0.3 is 10.7 Å². The lowest BCUT2D eigenvalue weighted by molar-refractivity contribution is 0.361. The highest BCUT2D eigenvalue weighted by atomic mass is 15.3. The number of nitrogens with two attached hydrogens (primary N) is 1. The van der Waals surface area contributed by atoms with Crippen LogP contribution in [0.15, 0.2) is 6.33 Å². The van der Waals surface area contributed by atoms with Crippen molar-refractivity contribution in [3.63, 3.8) is 0 Å². The van der Waals surface area contributed by atoms with E-state index in [0.29, 0.717) is 11.2 Å². The molecule has 0 bridgehead atoms. The van der Waals surface area contributed by atoms with Gasteiger partial charge in [0.1, 0.15) is 18.0 Å². The SMILES string of the molecule is Cc1c(NN)ncnc1NCC1(C)CCCC1. The van der Waals surface area contributed by atoms with Crippen molar-refractivity contribution in [1.82, 2.24) is 9.97 Å². The molecule has 1 heterocycles. The minimum Gasteiger partial charge on any atom is -0.369 e. The average molecular weight is 235 g/mol. The number of hydrazine groups is 1. The predicted molar refractivity (Wildman–Crippen MR) is 69.6 cm³/mol. The molecule has 1 aliphatic rings. The van der Waals surface area contributed by atoms with Crippen molar-refractivity contribution in [2.75, 3.05) is 17.3 Å². The molecule has 94 valence electrons. The highest BCUT2D eigenvalue weighted by Crippen LogP contribution is 2.37. The second kappa shape index (κ2) is 4.87. The number of anilines is 2. The average Bonchev–Trinajstić information content (AvgIpc) is 2.75. The minimum absolute atomic E-state index is 0.410. The first kappa shape index (κ1) is 12.1. The van der Waals surface area contributed by atoms with Crippen molar-refractivity contribution >= 4 is 11.6 Å². The summed E-state index contributed by atoms with van der Waals surface area (Å²) in [5.74, 6) is 6.95. The molecule has 1 fully saturated rings. The van der Waals surface area contributed by atoms with Crippen LogP contribution in [0, 0.1) is 12.3 Å². The Morgan fingerprint density at radius 1 is 1.29 bits per heavy atom. The third-order valence-electron chi connectivity index (χ3n) is 3.71. The van der Waals surface area contributed by atoms with E-state index >= 15 is 0 Å². The number of nitrogen functional groups attached to an aromatic ring is 1. The summed E-state index contributed by atoms with van der Waals surface area (Å²) in [5, 5.41) is 3.42. The summed E-state index contributed by atoms with van der Waals surface area (Å²) in [6.07, 6.45) is 6.81. The van der Waals surface area contributed by atoms with E-state index in [1.165, 1.54) is 32.0 Å². The van der Waals surface area contributed by atoms with Crippen LogP contribution < -0.4 is 16.6 Å². The molecule has 0 amide bonds. The van der Waals surface area contributed by atoms with Gasteiger partial charge in [-0.3, -0.25) is 0 Å². The molecule has 1 aromatic heterocycles. The van der Waals surface area contributed by atoms with Gasteiger partial charge in [0.25, 0.3) is 0 Å². The van der Waals surface area contributed by atoms with Gasteiger partial charge in [-0.15, -0.1) is 0 Å². The summed E-state index contributed by atoms with van der Waals surface area (Å²) < 4.78 is 0. The largest absolute Gasteiger partial charge is 0.369 e. The van der Waals surface area contributed by atoms with E-state index in [4.69, 9.17) is 5.84 Å². The Balaban J connectivity index is 2.03. The van der Waals surface area contributed by atoms with E-state index < -0.39 is 0 Å². The zero-order chi connectivity index (χ0) is 12.3. The van der Waals surface area contributed by atoms with Crippen LogP contribution >= 0.6 is 0 Å². The van der Waals surface area contributed by atoms with Crippen LogP contribution in [-0.2, 0) is 0 Å². The molecule has 0 spiro atoms. The predicted octanol–water partition coefficient (Wildman–Crippen LogP) is 2.06. The molecular formula is C12H21N5. The van der Waals surface area contributed by atoms with E-state index in [9.17, 15) is 0 Å².